The lowest BCUT2D eigenvalue weighted by atomic mass is 9.97. The minimum Gasteiger partial charge on any atom is -0.246 e. The molecule has 0 N–H and O–H groups in total. The maximum absolute atomic E-state index is 12.9. The van der Waals surface area contributed by atoms with E-state index in [0.717, 1.165) is 0 Å². The quantitative estimate of drug-likeness (QED) is 0.629. The van der Waals surface area contributed by atoms with E-state index in [9.17, 15) is 17.2 Å². The molecule has 2 unspecified atom stereocenters. The van der Waals surface area contributed by atoms with E-state index in [1.807, 2.05) is 0 Å². The highest BCUT2D eigenvalue weighted by molar-refractivity contribution is 8.14. The smallest absolute Gasteiger partial charge is 0.241 e. The highest BCUT2D eigenvalue weighted by Crippen LogP contribution is 2.30. The van der Waals surface area contributed by atoms with Crippen molar-refractivity contribution in [3.05, 3.63) is 0 Å². The molecule has 1 fully saturated rings. The van der Waals surface area contributed by atoms with Gasteiger partial charge in [-0.2, -0.15) is 0 Å². The summed E-state index contributed by atoms with van der Waals surface area (Å²) in [4.78, 5) is 0. The Morgan fingerprint density at radius 2 is 1.58 bits per heavy atom. The monoisotopic (exact) mass is 218 g/mol. The third-order valence-electron chi connectivity index (χ3n) is 2.00. The summed E-state index contributed by atoms with van der Waals surface area (Å²) >= 11 is 0. The Labute approximate surface area is 74.3 Å². The fourth-order valence-electron chi connectivity index (χ4n) is 1.42. The van der Waals surface area contributed by atoms with Crippen molar-refractivity contribution in [2.75, 3.05) is 0 Å². The van der Waals surface area contributed by atoms with Crippen LogP contribution in [0.15, 0.2) is 0 Å². The zero-order valence-corrected chi connectivity index (χ0v) is 7.78. The Morgan fingerprint density at radius 3 is 1.83 bits per heavy atom. The second-order valence-electron chi connectivity index (χ2n) is 2.90. The summed E-state index contributed by atoms with van der Waals surface area (Å²) in [7, 11) is 0.792. The number of hydrogen-bond acceptors (Lipinski definition) is 2. The summed E-state index contributed by atoms with van der Waals surface area (Å²) in [5, 5.41) is -1.66. The Bertz CT molecular complexity index is 244. The van der Waals surface area contributed by atoms with Crippen LogP contribution in [-0.2, 0) is 9.05 Å². The topological polar surface area (TPSA) is 34.1 Å². The Balaban J connectivity index is 2.84. The van der Waals surface area contributed by atoms with Crippen LogP contribution in [0.2, 0.25) is 0 Å². The van der Waals surface area contributed by atoms with Crippen LogP contribution < -0.4 is 0 Å². The van der Waals surface area contributed by atoms with E-state index in [0.29, 0.717) is 6.42 Å². The second-order valence-corrected chi connectivity index (χ2v) is 5.69. The van der Waals surface area contributed by atoms with Gasteiger partial charge in [-0.3, -0.25) is 0 Å². The van der Waals surface area contributed by atoms with Crippen LogP contribution in [0, 0.1) is 0 Å². The summed E-state index contributed by atoms with van der Waals surface area (Å²) in [5.74, 6) is 0. The largest absolute Gasteiger partial charge is 0.246 e. The summed E-state index contributed by atoms with van der Waals surface area (Å²) in [6.07, 6.45) is -2.77. The lowest BCUT2D eigenvalue weighted by Gasteiger charge is -2.26. The number of rotatable bonds is 1. The van der Waals surface area contributed by atoms with Gasteiger partial charge in [0.25, 0.3) is 0 Å². The molecule has 12 heavy (non-hydrogen) atoms. The van der Waals surface area contributed by atoms with Crippen molar-refractivity contribution in [2.24, 2.45) is 0 Å². The molecule has 0 heterocycles. The molecule has 0 aliphatic heterocycles. The molecule has 1 aliphatic rings. The van der Waals surface area contributed by atoms with E-state index in [1.165, 1.54) is 0 Å². The number of hydrogen-bond donors (Lipinski definition) is 0. The summed E-state index contributed by atoms with van der Waals surface area (Å²) in [5.41, 5.74) is 0. The van der Waals surface area contributed by atoms with Crippen molar-refractivity contribution >= 4 is 19.7 Å². The fourth-order valence-corrected chi connectivity index (χ4v) is 3.06. The van der Waals surface area contributed by atoms with Crippen LogP contribution in [0.3, 0.4) is 0 Å². The molecule has 1 saturated carbocycles. The molecular formula is C6H9ClF2O2S. The van der Waals surface area contributed by atoms with Gasteiger partial charge in [0.15, 0.2) is 0 Å². The predicted molar refractivity (Wildman–Crippen MR) is 42.2 cm³/mol. The molecule has 0 saturated heterocycles. The van der Waals surface area contributed by atoms with Crippen LogP contribution >= 0.6 is 10.7 Å². The first-order chi connectivity index (χ1) is 5.43. The van der Waals surface area contributed by atoms with Crippen LogP contribution in [-0.4, -0.2) is 26.0 Å². The first kappa shape index (κ1) is 10.2. The van der Waals surface area contributed by atoms with Crippen molar-refractivity contribution in [1.82, 2.24) is 0 Å². The molecule has 0 spiro atoms. The molecule has 1 aliphatic carbocycles. The van der Waals surface area contributed by atoms with Gasteiger partial charge >= 0.3 is 0 Å². The molecular weight excluding hydrogens is 210 g/mol. The van der Waals surface area contributed by atoms with Gasteiger partial charge < -0.3 is 0 Å². The summed E-state index contributed by atoms with van der Waals surface area (Å²) in [6.45, 7) is 0. The van der Waals surface area contributed by atoms with Crippen LogP contribution in [0.25, 0.3) is 0 Å². The van der Waals surface area contributed by atoms with E-state index < -0.39 is 26.6 Å². The molecule has 0 bridgehead atoms. The maximum atomic E-state index is 12.9. The average molecular weight is 219 g/mol. The Hall–Kier alpha value is 0.1000. The van der Waals surface area contributed by atoms with Gasteiger partial charge in [0, 0.05) is 10.7 Å². The van der Waals surface area contributed by atoms with Gasteiger partial charge in [-0.05, 0) is 19.3 Å². The van der Waals surface area contributed by atoms with Crippen molar-refractivity contribution in [3.63, 3.8) is 0 Å². The van der Waals surface area contributed by atoms with E-state index in [-0.39, 0.29) is 12.8 Å². The first-order valence-corrected chi connectivity index (χ1v) is 6.02. The zero-order chi connectivity index (χ0) is 9.35. The van der Waals surface area contributed by atoms with Gasteiger partial charge in [0.1, 0.15) is 17.6 Å². The van der Waals surface area contributed by atoms with E-state index in [4.69, 9.17) is 10.7 Å². The normalized spacial score (nSPS) is 38.1. The molecule has 0 aromatic carbocycles. The van der Waals surface area contributed by atoms with E-state index in [2.05, 4.69) is 0 Å². The number of alkyl halides is 2. The zero-order valence-electron chi connectivity index (χ0n) is 6.21. The third-order valence-corrected chi connectivity index (χ3v) is 3.86. The lowest BCUT2D eigenvalue weighted by molar-refractivity contribution is 0.164. The summed E-state index contributed by atoms with van der Waals surface area (Å²) in [6, 6.07) is 0. The van der Waals surface area contributed by atoms with E-state index >= 15 is 0 Å². The third kappa shape index (κ3) is 2.07. The molecule has 1 rings (SSSR count). The van der Waals surface area contributed by atoms with Gasteiger partial charge in [-0.1, -0.05) is 0 Å². The van der Waals surface area contributed by atoms with Crippen molar-refractivity contribution < 1.29 is 17.2 Å². The first-order valence-electron chi connectivity index (χ1n) is 3.64. The van der Waals surface area contributed by atoms with Crippen molar-refractivity contribution in [3.8, 4) is 0 Å². The van der Waals surface area contributed by atoms with Crippen molar-refractivity contribution in [2.45, 2.75) is 36.9 Å². The predicted octanol–water partition coefficient (Wildman–Crippen LogP) is 1.78. The molecule has 0 radical (unpaired) electrons. The highest BCUT2D eigenvalue weighted by Gasteiger charge is 2.42. The molecule has 0 aromatic rings. The molecule has 0 amide bonds. The summed E-state index contributed by atoms with van der Waals surface area (Å²) < 4.78 is 47.2. The second kappa shape index (κ2) is 3.46. The van der Waals surface area contributed by atoms with Crippen LogP contribution in [0.5, 0.6) is 0 Å². The molecule has 0 aromatic heterocycles. The van der Waals surface area contributed by atoms with Crippen LogP contribution in [0.4, 0.5) is 8.78 Å². The van der Waals surface area contributed by atoms with Crippen molar-refractivity contribution in [1.29, 1.82) is 0 Å². The molecule has 6 heteroatoms. The van der Waals surface area contributed by atoms with Gasteiger partial charge in [0.2, 0.25) is 9.05 Å². The van der Waals surface area contributed by atoms with Crippen LogP contribution in [0.1, 0.15) is 19.3 Å². The molecule has 72 valence electrons. The molecule has 2 nitrogen and oxygen atoms in total. The minimum atomic E-state index is -4.10. The standard InChI is InChI=1S/C6H9ClF2O2S/c7-12(10,11)6-4(8)2-1-3-5(6)9/h4-6H,1-3H2. The maximum Gasteiger partial charge on any atom is 0.241 e. The van der Waals surface area contributed by atoms with Gasteiger partial charge in [-0.15, -0.1) is 0 Å². The Morgan fingerprint density at radius 1 is 1.17 bits per heavy atom. The Kier molecular flexibility index (Phi) is 2.93. The fraction of sp³-hybridized carbons (Fsp3) is 1.00. The molecule has 2 atom stereocenters. The van der Waals surface area contributed by atoms with E-state index in [1.54, 1.807) is 0 Å². The van der Waals surface area contributed by atoms with Gasteiger partial charge in [-0.25, -0.2) is 17.2 Å². The lowest BCUT2D eigenvalue weighted by Crippen LogP contribution is -2.40. The average Bonchev–Trinajstić information content (AvgIpc) is 1.82. The van der Waals surface area contributed by atoms with Gasteiger partial charge in [0.05, 0.1) is 0 Å². The SMILES string of the molecule is O=S(=O)(Cl)C1C(F)CCCC1F. The minimum absolute atomic E-state index is 0.0804. The number of halogens is 3. The highest BCUT2D eigenvalue weighted by atomic mass is 35.7.